The van der Waals surface area contributed by atoms with Crippen LogP contribution in [0.1, 0.15) is 25.3 Å². The summed E-state index contributed by atoms with van der Waals surface area (Å²) in [4.78, 5) is 26.5. The average Bonchev–Trinajstić information content (AvgIpc) is 2.98. The van der Waals surface area contributed by atoms with Gasteiger partial charge >= 0.3 is 0 Å². The number of fused-ring (bicyclic) bond motifs is 1. The van der Waals surface area contributed by atoms with Gasteiger partial charge in [0.1, 0.15) is 0 Å². The molecule has 0 saturated heterocycles. The highest BCUT2D eigenvalue weighted by Crippen LogP contribution is 2.20. The molecule has 3 N–H and O–H groups in total. The van der Waals surface area contributed by atoms with Crippen LogP contribution in [-0.2, 0) is 16.0 Å². The molecule has 0 spiro atoms. The maximum absolute atomic E-state index is 12.1. The number of benzene rings is 2. The Kier molecular flexibility index (Phi) is 5.14. The monoisotopic (exact) mass is 335 g/mol. The molecule has 5 heteroatoms. The fraction of sp³-hybridized carbons (Fsp3) is 0.200. The van der Waals surface area contributed by atoms with Crippen molar-refractivity contribution in [1.29, 1.82) is 0 Å². The van der Waals surface area contributed by atoms with Crippen molar-refractivity contribution < 1.29 is 9.59 Å². The SMILES string of the molecule is CC(=O)Nc1cccc(NC(=O)CCCc2c[nH]c3ccccc23)c1. The van der Waals surface area contributed by atoms with E-state index in [4.69, 9.17) is 0 Å². The number of rotatable bonds is 6. The molecule has 5 nitrogen and oxygen atoms in total. The Hall–Kier alpha value is -3.08. The fourth-order valence-electron chi connectivity index (χ4n) is 2.88. The lowest BCUT2D eigenvalue weighted by Gasteiger charge is -2.08. The molecule has 25 heavy (non-hydrogen) atoms. The van der Waals surface area contributed by atoms with Crippen molar-refractivity contribution in [1.82, 2.24) is 4.98 Å². The predicted molar refractivity (Wildman–Crippen MR) is 101 cm³/mol. The van der Waals surface area contributed by atoms with Crippen molar-refractivity contribution in [2.75, 3.05) is 10.6 Å². The van der Waals surface area contributed by atoms with E-state index in [2.05, 4.69) is 21.7 Å². The van der Waals surface area contributed by atoms with E-state index in [1.54, 1.807) is 18.2 Å². The fourth-order valence-corrected chi connectivity index (χ4v) is 2.88. The molecule has 0 unspecified atom stereocenters. The van der Waals surface area contributed by atoms with E-state index >= 15 is 0 Å². The number of amides is 2. The van der Waals surface area contributed by atoms with E-state index in [9.17, 15) is 9.59 Å². The summed E-state index contributed by atoms with van der Waals surface area (Å²) >= 11 is 0. The highest BCUT2D eigenvalue weighted by atomic mass is 16.2. The van der Waals surface area contributed by atoms with Gasteiger partial charge in [-0.15, -0.1) is 0 Å². The van der Waals surface area contributed by atoms with Crippen LogP contribution in [0.25, 0.3) is 10.9 Å². The third-order valence-corrected chi connectivity index (χ3v) is 3.99. The first-order valence-electron chi connectivity index (χ1n) is 8.34. The molecule has 2 amide bonds. The van der Waals surface area contributed by atoms with Crippen molar-refractivity contribution in [3.05, 3.63) is 60.3 Å². The van der Waals surface area contributed by atoms with Crippen molar-refractivity contribution in [3.8, 4) is 0 Å². The van der Waals surface area contributed by atoms with Crippen LogP contribution in [0.5, 0.6) is 0 Å². The van der Waals surface area contributed by atoms with Crippen LogP contribution in [-0.4, -0.2) is 16.8 Å². The van der Waals surface area contributed by atoms with Gasteiger partial charge in [0.25, 0.3) is 0 Å². The summed E-state index contributed by atoms with van der Waals surface area (Å²) in [5.41, 5.74) is 3.71. The Bertz CT molecular complexity index is 899. The number of H-pyrrole nitrogens is 1. The number of aromatic nitrogens is 1. The first-order chi connectivity index (χ1) is 12.1. The topological polar surface area (TPSA) is 74.0 Å². The number of anilines is 2. The molecule has 1 heterocycles. The Balaban J connectivity index is 1.52. The minimum Gasteiger partial charge on any atom is -0.361 e. The Morgan fingerprint density at radius 1 is 1.00 bits per heavy atom. The molecule has 0 fully saturated rings. The van der Waals surface area contributed by atoms with E-state index in [1.165, 1.54) is 17.9 Å². The van der Waals surface area contributed by atoms with E-state index in [0.29, 0.717) is 17.8 Å². The molecule has 0 radical (unpaired) electrons. The second kappa shape index (κ2) is 7.66. The molecule has 128 valence electrons. The number of carbonyl (C=O) groups excluding carboxylic acids is 2. The highest BCUT2D eigenvalue weighted by molar-refractivity contribution is 5.93. The molecule has 1 aromatic heterocycles. The lowest BCUT2D eigenvalue weighted by Crippen LogP contribution is -2.12. The minimum absolute atomic E-state index is 0.0279. The Labute approximate surface area is 146 Å². The van der Waals surface area contributed by atoms with Gasteiger partial charge in [-0.05, 0) is 42.7 Å². The Morgan fingerprint density at radius 2 is 1.76 bits per heavy atom. The molecule has 0 saturated carbocycles. The normalized spacial score (nSPS) is 10.6. The Morgan fingerprint density at radius 3 is 2.56 bits per heavy atom. The summed E-state index contributed by atoms with van der Waals surface area (Å²) in [6.07, 6.45) is 4.09. The molecular weight excluding hydrogens is 314 g/mol. The number of carbonyl (C=O) groups is 2. The molecule has 0 aliphatic rings. The number of para-hydroxylation sites is 1. The lowest BCUT2D eigenvalue weighted by atomic mass is 10.1. The zero-order chi connectivity index (χ0) is 17.6. The van der Waals surface area contributed by atoms with Crippen molar-refractivity contribution in [2.24, 2.45) is 0 Å². The maximum atomic E-state index is 12.1. The van der Waals surface area contributed by atoms with E-state index in [0.717, 1.165) is 18.4 Å². The first kappa shape index (κ1) is 16.8. The van der Waals surface area contributed by atoms with E-state index in [1.807, 2.05) is 30.5 Å². The molecule has 0 bridgehead atoms. The summed E-state index contributed by atoms with van der Waals surface area (Å²) in [5.74, 6) is -0.165. The lowest BCUT2D eigenvalue weighted by molar-refractivity contribution is -0.116. The second-order valence-corrected chi connectivity index (χ2v) is 6.02. The molecule has 3 rings (SSSR count). The van der Waals surface area contributed by atoms with Crippen LogP contribution >= 0.6 is 0 Å². The third-order valence-electron chi connectivity index (χ3n) is 3.99. The van der Waals surface area contributed by atoms with Gasteiger partial charge in [-0.2, -0.15) is 0 Å². The van der Waals surface area contributed by atoms with E-state index in [-0.39, 0.29) is 11.8 Å². The molecule has 0 atom stereocenters. The van der Waals surface area contributed by atoms with Crippen LogP contribution in [0.4, 0.5) is 11.4 Å². The zero-order valence-corrected chi connectivity index (χ0v) is 14.1. The third kappa shape index (κ3) is 4.47. The van der Waals surface area contributed by atoms with Crippen LogP contribution in [0, 0.1) is 0 Å². The first-order valence-corrected chi connectivity index (χ1v) is 8.34. The molecule has 2 aromatic carbocycles. The number of hydrogen-bond donors (Lipinski definition) is 3. The summed E-state index contributed by atoms with van der Waals surface area (Å²) < 4.78 is 0. The smallest absolute Gasteiger partial charge is 0.224 e. The molecular formula is C20H21N3O2. The molecule has 0 aliphatic carbocycles. The second-order valence-electron chi connectivity index (χ2n) is 6.02. The summed E-state index contributed by atoms with van der Waals surface area (Å²) in [7, 11) is 0. The van der Waals surface area contributed by atoms with Gasteiger partial charge in [0.05, 0.1) is 0 Å². The van der Waals surface area contributed by atoms with Gasteiger partial charge in [-0.3, -0.25) is 9.59 Å². The van der Waals surface area contributed by atoms with Gasteiger partial charge in [0.2, 0.25) is 11.8 Å². The quantitative estimate of drug-likeness (QED) is 0.635. The number of hydrogen-bond acceptors (Lipinski definition) is 2. The van der Waals surface area contributed by atoms with Gasteiger partial charge in [-0.1, -0.05) is 24.3 Å². The van der Waals surface area contributed by atoms with Gasteiger partial charge in [0.15, 0.2) is 0 Å². The molecule has 3 aromatic rings. The van der Waals surface area contributed by atoms with Crippen LogP contribution < -0.4 is 10.6 Å². The number of aryl methyl sites for hydroxylation is 1. The van der Waals surface area contributed by atoms with E-state index < -0.39 is 0 Å². The minimum atomic E-state index is -0.137. The van der Waals surface area contributed by atoms with Crippen LogP contribution in [0.3, 0.4) is 0 Å². The van der Waals surface area contributed by atoms with Gasteiger partial charge in [-0.25, -0.2) is 0 Å². The van der Waals surface area contributed by atoms with Gasteiger partial charge < -0.3 is 15.6 Å². The summed E-state index contributed by atoms with van der Waals surface area (Å²) in [6.45, 7) is 1.45. The molecule has 0 aliphatic heterocycles. The van der Waals surface area contributed by atoms with Crippen LogP contribution in [0.2, 0.25) is 0 Å². The maximum Gasteiger partial charge on any atom is 0.224 e. The van der Waals surface area contributed by atoms with Crippen molar-refractivity contribution >= 4 is 34.1 Å². The van der Waals surface area contributed by atoms with Crippen molar-refractivity contribution in [3.63, 3.8) is 0 Å². The predicted octanol–water partition coefficient (Wildman–Crippen LogP) is 4.09. The van der Waals surface area contributed by atoms with Crippen LogP contribution in [0.15, 0.2) is 54.7 Å². The average molecular weight is 335 g/mol. The summed E-state index contributed by atoms with van der Waals surface area (Å²) in [6, 6.07) is 15.3. The van der Waals surface area contributed by atoms with Gasteiger partial charge in [0, 0.05) is 41.8 Å². The number of aromatic amines is 1. The summed E-state index contributed by atoms with van der Waals surface area (Å²) in [5, 5.41) is 6.79. The van der Waals surface area contributed by atoms with Crippen molar-refractivity contribution in [2.45, 2.75) is 26.2 Å². The highest BCUT2D eigenvalue weighted by Gasteiger charge is 2.06. The number of nitrogens with one attached hydrogen (secondary N) is 3. The standard InChI is InChI=1S/C20H21N3O2/c1-14(24)22-16-7-5-8-17(12-16)23-20(25)11-4-6-15-13-21-19-10-3-2-9-18(15)19/h2-3,5,7-10,12-13,21H,4,6,11H2,1H3,(H,22,24)(H,23,25). The zero-order valence-electron chi connectivity index (χ0n) is 14.1. The largest absolute Gasteiger partial charge is 0.361 e.